The van der Waals surface area contributed by atoms with Crippen LogP contribution in [0.25, 0.3) is 0 Å². The van der Waals surface area contributed by atoms with E-state index in [-0.39, 0.29) is 25.7 Å². The van der Waals surface area contributed by atoms with Gasteiger partial charge in [0.05, 0.1) is 26.4 Å². The smallest absolute Gasteiger partial charge is 0.462 e. The number of esters is 4. The predicted molar refractivity (Wildman–Crippen MR) is 363 cm³/mol. The summed E-state index contributed by atoms with van der Waals surface area (Å²) >= 11 is 0. The first kappa shape index (κ1) is 87.5. The van der Waals surface area contributed by atoms with Crippen molar-refractivity contribution in [1.82, 2.24) is 0 Å². The maximum absolute atomic E-state index is 13.0. The van der Waals surface area contributed by atoms with Gasteiger partial charge in [0.15, 0.2) is 12.2 Å². The van der Waals surface area contributed by atoms with Gasteiger partial charge in [0, 0.05) is 25.7 Å². The first-order valence-electron chi connectivity index (χ1n) is 36.2. The summed E-state index contributed by atoms with van der Waals surface area (Å²) in [7, 11) is -9.92. The van der Waals surface area contributed by atoms with Crippen molar-refractivity contribution >= 4 is 39.5 Å². The lowest BCUT2D eigenvalue weighted by Crippen LogP contribution is -2.30. The van der Waals surface area contributed by atoms with Gasteiger partial charge in [-0.25, -0.2) is 9.13 Å². The minimum Gasteiger partial charge on any atom is -0.462 e. The van der Waals surface area contributed by atoms with Crippen molar-refractivity contribution in [2.24, 2.45) is 17.8 Å². The molecule has 17 nitrogen and oxygen atoms in total. The number of hydrogen-bond acceptors (Lipinski definition) is 15. The molecule has 0 heterocycles. The first-order chi connectivity index (χ1) is 43.3. The summed E-state index contributed by atoms with van der Waals surface area (Å²) in [4.78, 5) is 72.6. The van der Waals surface area contributed by atoms with Crippen LogP contribution < -0.4 is 0 Å². The highest BCUT2D eigenvalue weighted by Gasteiger charge is 2.30. The topological polar surface area (TPSA) is 237 Å². The zero-order valence-electron chi connectivity index (χ0n) is 58.1. The number of rotatable bonds is 67. The van der Waals surface area contributed by atoms with E-state index in [4.69, 9.17) is 37.0 Å². The Morgan fingerprint density at radius 1 is 0.367 bits per heavy atom. The van der Waals surface area contributed by atoms with Gasteiger partial charge in [0.2, 0.25) is 0 Å². The van der Waals surface area contributed by atoms with Crippen LogP contribution in [-0.4, -0.2) is 96.7 Å². The summed E-state index contributed by atoms with van der Waals surface area (Å²) < 4.78 is 68.3. The molecule has 0 amide bonds. The van der Waals surface area contributed by atoms with Crippen molar-refractivity contribution in [2.45, 2.75) is 349 Å². The zero-order valence-corrected chi connectivity index (χ0v) is 59.9. The van der Waals surface area contributed by atoms with E-state index < -0.39 is 97.5 Å². The van der Waals surface area contributed by atoms with Gasteiger partial charge in [0.1, 0.15) is 19.3 Å². The summed E-state index contributed by atoms with van der Waals surface area (Å²) in [5, 5.41) is 10.6. The number of carbonyl (C=O) groups is 4. The normalized spacial score (nSPS) is 15.0. The summed E-state index contributed by atoms with van der Waals surface area (Å²) in [6.07, 6.45) is 48.0. The third-order valence-electron chi connectivity index (χ3n) is 16.5. The van der Waals surface area contributed by atoms with E-state index in [0.717, 1.165) is 127 Å². The number of aliphatic hydroxyl groups is 1. The SMILES string of the molecule is CCCCCC/C=C\C=C/CCCCCCCC(=O)O[C@H](COC(=O)CCCCCCCCCCCCC(C)C)COP(=O)(O)OC[C@@H](O)COP(=O)(O)OC[C@@H](COC(=O)CCCCCCCCC(C)CC)OC(=O)CCCCCCCCCCC(C)CC. The van der Waals surface area contributed by atoms with E-state index in [1.165, 1.54) is 122 Å². The van der Waals surface area contributed by atoms with Crippen LogP contribution in [0.1, 0.15) is 331 Å². The molecule has 0 aliphatic rings. The molecular weight excluding hydrogens is 1190 g/mol. The van der Waals surface area contributed by atoms with Crippen LogP contribution in [0.5, 0.6) is 0 Å². The zero-order chi connectivity index (χ0) is 66.6. The van der Waals surface area contributed by atoms with Crippen molar-refractivity contribution in [3.63, 3.8) is 0 Å². The molecule has 7 atom stereocenters. The number of aliphatic hydroxyl groups excluding tert-OH is 1. The number of carbonyl (C=O) groups excluding carboxylic acids is 4. The molecule has 0 rings (SSSR count). The van der Waals surface area contributed by atoms with Crippen LogP contribution >= 0.6 is 15.6 Å². The van der Waals surface area contributed by atoms with E-state index in [0.29, 0.717) is 25.7 Å². The Kier molecular flexibility index (Phi) is 59.7. The number of unbranched alkanes of at least 4 members (excludes halogenated alkanes) is 30. The lowest BCUT2D eigenvalue weighted by molar-refractivity contribution is -0.161. The molecule has 90 heavy (non-hydrogen) atoms. The van der Waals surface area contributed by atoms with Gasteiger partial charge in [-0.1, -0.05) is 278 Å². The third kappa shape index (κ3) is 61.7. The molecule has 530 valence electrons. The molecular formula is C71H134O17P2. The summed E-state index contributed by atoms with van der Waals surface area (Å²) in [5.74, 6) is 0.0947. The van der Waals surface area contributed by atoms with Crippen LogP contribution in [0.15, 0.2) is 24.3 Å². The van der Waals surface area contributed by atoms with Crippen molar-refractivity contribution in [2.75, 3.05) is 39.6 Å². The summed E-state index contributed by atoms with van der Waals surface area (Å²) in [5.41, 5.74) is 0. The minimum atomic E-state index is -4.96. The molecule has 0 aliphatic carbocycles. The molecule has 0 bridgehead atoms. The third-order valence-corrected chi connectivity index (χ3v) is 18.4. The van der Waals surface area contributed by atoms with Crippen LogP contribution in [0.2, 0.25) is 0 Å². The Morgan fingerprint density at radius 3 is 0.989 bits per heavy atom. The second kappa shape index (κ2) is 61.4. The molecule has 0 aromatic heterocycles. The highest BCUT2D eigenvalue weighted by Crippen LogP contribution is 2.45. The molecule has 0 radical (unpaired) electrons. The first-order valence-corrected chi connectivity index (χ1v) is 39.2. The maximum atomic E-state index is 13.0. The van der Waals surface area contributed by atoms with E-state index >= 15 is 0 Å². The summed E-state index contributed by atoms with van der Waals surface area (Å²) in [6.45, 7) is 11.7. The van der Waals surface area contributed by atoms with Gasteiger partial charge in [-0.2, -0.15) is 0 Å². The second-order valence-electron chi connectivity index (χ2n) is 25.9. The molecule has 0 fully saturated rings. The lowest BCUT2D eigenvalue weighted by Gasteiger charge is -2.21. The fourth-order valence-electron chi connectivity index (χ4n) is 10.1. The van der Waals surface area contributed by atoms with Gasteiger partial charge in [-0.3, -0.25) is 37.3 Å². The van der Waals surface area contributed by atoms with Gasteiger partial charge < -0.3 is 33.8 Å². The van der Waals surface area contributed by atoms with Gasteiger partial charge in [0.25, 0.3) is 0 Å². The van der Waals surface area contributed by atoms with E-state index in [1.54, 1.807) is 0 Å². The Morgan fingerprint density at radius 2 is 0.656 bits per heavy atom. The highest BCUT2D eigenvalue weighted by molar-refractivity contribution is 7.47. The molecule has 0 aromatic carbocycles. The van der Waals surface area contributed by atoms with Gasteiger partial charge in [-0.05, 0) is 69.1 Å². The molecule has 0 saturated carbocycles. The van der Waals surface area contributed by atoms with Crippen molar-refractivity contribution in [1.29, 1.82) is 0 Å². The molecule has 0 saturated heterocycles. The maximum Gasteiger partial charge on any atom is 0.472 e. The second-order valence-corrected chi connectivity index (χ2v) is 28.8. The number of ether oxygens (including phenoxy) is 4. The fourth-order valence-corrected chi connectivity index (χ4v) is 11.7. The van der Waals surface area contributed by atoms with Crippen molar-refractivity contribution in [3.8, 4) is 0 Å². The highest BCUT2D eigenvalue weighted by atomic mass is 31.2. The van der Waals surface area contributed by atoms with Gasteiger partial charge in [-0.15, -0.1) is 0 Å². The van der Waals surface area contributed by atoms with Crippen LogP contribution in [-0.2, 0) is 65.4 Å². The quantitative estimate of drug-likeness (QED) is 0.0169. The van der Waals surface area contributed by atoms with E-state index in [9.17, 15) is 43.2 Å². The standard InChI is InChI=1S/C71H134O17P2/c1-8-11-12-13-14-15-16-17-18-19-20-25-31-40-47-54-70(75)87-66(58-81-68(73)52-45-38-30-24-22-21-23-28-35-42-49-62(4)5)60-85-89(77,78)83-56-65(72)57-84-90(79,80)86-61-67(59-82-69(74)53-46-39-34-33-37-44-51-64(7)10-3)88-71(76)55-48-41-32-27-26-29-36-43-50-63(6)9-2/h15-18,62-67,72H,8-14,19-61H2,1-7H3,(H,77,78)(H,79,80)/b16-15-,18-17-/t63?,64?,65-,66-,67-/m1/s1. The Balaban J connectivity index is 5.31. The molecule has 0 aromatic rings. The average molecular weight is 1320 g/mol. The van der Waals surface area contributed by atoms with E-state index in [2.05, 4.69) is 72.8 Å². The summed E-state index contributed by atoms with van der Waals surface area (Å²) in [6, 6.07) is 0. The number of phosphoric acid groups is 2. The Labute approximate surface area is 548 Å². The molecule has 0 aliphatic heterocycles. The van der Waals surface area contributed by atoms with Crippen LogP contribution in [0.3, 0.4) is 0 Å². The van der Waals surface area contributed by atoms with Crippen molar-refractivity contribution < 1.29 is 80.2 Å². The van der Waals surface area contributed by atoms with Gasteiger partial charge >= 0.3 is 39.5 Å². The number of allylic oxidation sites excluding steroid dienone is 4. The van der Waals surface area contributed by atoms with E-state index in [1.807, 2.05) is 0 Å². The van der Waals surface area contributed by atoms with Crippen LogP contribution in [0, 0.1) is 17.8 Å². The molecule has 4 unspecified atom stereocenters. The molecule has 0 spiro atoms. The Hall–Kier alpha value is -2.46. The predicted octanol–water partition coefficient (Wildman–Crippen LogP) is 19.8. The van der Waals surface area contributed by atoms with Crippen LogP contribution in [0.4, 0.5) is 0 Å². The molecule has 19 heteroatoms. The Bertz CT molecular complexity index is 1860. The largest absolute Gasteiger partial charge is 0.472 e. The minimum absolute atomic E-state index is 0.0842. The van der Waals surface area contributed by atoms with Crippen molar-refractivity contribution in [3.05, 3.63) is 24.3 Å². The number of phosphoric ester groups is 2. The lowest BCUT2D eigenvalue weighted by atomic mass is 9.99. The monoisotopic (exact) mass is 1320 g/mol. The number of hydrogen-bond donors (Lipinski definition) is 3. The fraction of sp³-hybridized carbons (Fsp3) is 0.887. The molecule has 3 N–H and O–H groups in total. The average Bonchev–Trinajstić information content (AvgIpc) is 3.52.